The van der Waals surface area contributed by atoms with Crippen LogP contribution in [0, 0.1) is 20.8 Å². The van der Waals surface area contributed by atoms with Gasteiger partial charge in [-0.3, -0.25) is 4.79 Å². The minimum Gasteiger partial charge on any atom is -0.465 e. The maximum Gasteiger partial charge on any atom is 0.246 e. The smallest absolute Gasteiger partial charge is 0.246 e. The summed E-state index contributed by atoms with van der Waals surface area (Å²) in [5, 5.41) is 4.12. The van der Waals surface area contributed by atoms with E-state index in [1.54, 1.807) is 35.8 Å². The van der Waals surface area contributed by atoms with Gasteiger partial charge in [-0.05, 0) is 45.4 Å². The van der Waals surface area contributed by atoms with E-state index in [1.165, 1.54) is 4.88 Å². The second-order valence-corrected chi connectivity index (χ2v) is 8.33. The Balaban J connectivity index is 1.44. The van der Waals surface area contributed by atoms with Gasteiger partial charge in [0.1, 0.15) is 17.4 Å². The Labute approximate surface area is 173 Å². The Bertz CT molecular complexity index is 1020. The van der Waals surface area contributed by atoms with Gasteiger partial charge in [-0.15, -0.1) is 11.3 Å². The molecule has 1 saturated heterocycles. The molecule has 1 N–H and O–H groups in total. The lowest BCUT2D eigenvalue weighted by molar-refractivity contribution is -0.124. The number of anilines is 2. The fraction of sp³-hybridized carbons (Fsp3) is 0.333. The first-order valence-electron chi connectivity index (χ1n) is 9.55. The zero-order chi connectivity index (χ0) is 20.4. The lowest BCUT2D eigenvalue weighted by atomic mass is 10.0. The number of carbonyl (C=O) groups is 1. The van der Waals surface area contributed by atoms with Crippen LogP contribution in [0.15, 0.2) is 35.0 Å². The number of carbonyl (C=O) groups excluding carboxylic acids is 1. The topological polar surface area (TPSA) is 84.2 Å². The predicted octanol–water partition coefficient (Wildman–Crippen LogP) is 4.22. The summed E-state index contributed by atoms with van der Waals surface area (Å²) in [5.41, 5.74) is 1.98. The van der Waals surface area contributed by atoms with Crippen LogP contribution in [-0.2, 0) is 4.79 Å². The molecule has 150 valence electrons. The Kier molecular flexibility index (Phi) is 5.44. The summed E-state index contributed by atoms with van der Waals surface area (Å²) in [7, 11) is 0. The molecule has 1 aliphatic rings. The van der Waals surface area contributed by atoms with Crippen LogP contribution >= 0.6 is 11.3 Å². The van der Waals surface area contributed by atoms with Gasteiger partial charge in [-0.2, -0.15) is 0 Å². The molecule has 1 atom stereocenters. The number of aryl methyl sites for hydroxylation is 3. The number of nitrogens with one attached hydrogen (secondary N) is 1. The maximum absolute atomic E-state index is 12.5. The first-order valence-corrected chi connectivity index (χ1v) is 10.4. The summed E-state index contributed by atoms with van der Waals surface area (Å²) < 4.78 is 5.24. The third-order valence-corrected chi connectivity index (χ3v) is 5.96. The van der Waals surface area contributed by atoms with Gasteiger partial charge in [0.05, 0.1) is 17.7 Å². The summed E-state index contributed by atoms with van der Waals surface area (Å²) in [6.45, 7) is 7.30. The average Bonchev–Trinajstić information content (AvgIpc) is 3.42. The van der Waals surface area contributed by atoms with Crippen molar-refractivity contribution in [3.05, 3.63) is 58.4 Å². The third kappa shape index (κ3) is 4.54. The third-order valence-electron chi connectivity index (χ3n) is 4.97. The van der Waals surface area contributed by atoms with E-state index >= 15 is 0 Å². The van der Waals surface area contributed by atoms with Gasteiger partial charge in [0, 0.05) is 36.0 Å². The number of rotatable bonds is 5. The molecular formula is C21H23N5O2S. The van der Waals surface area contributed by atoms with E-state index in [4.69, 9.17) is 4.42 Å². The van der Waals surface area contributed by atoms with Crippen LogP contribution in [0.5, 0.6) is 0 Å². The minimum absolute atomic E-state index is 0.0123. The van der Waals surface area contributed by atoms with Crippen molar-refractivity contribution < 1.29 is 9.21 Å². The molecule has 0 spiro atoms. The largest absolute Gasteiger partial charge is 0.465 e. The van der Waals surface area contributed by atoms with Gasteiger partial charge in [-0.25, -0.2) is 15.0 Å². The van der Waals surface area contributed by atoms with Crippen LogP contribution in [0.3, 0.4) is 0 Å². The van der Waals surface area contributed by atoms with Crippen LogP contribution in [-0.4, -0.2) is 38.8 Å². The quantitative estimate of drug-likeness (QED) is 0.635. The predicted molar refractivity (Wildman–Crippen MR) is 113 cm³/mol. The molecule has 4 rings (SSSR count). The van der Waals surface area contributed by atoms with Crippen LogP contribution in [0.1, 0.15) is 40.2 Å². The fourth-order valence-corrected chi connectivity index (χ4v) is 4.17. The van der Waals surface area contributed by atoms with E-state index in [2.05, 4.69) is 27.2 Å². The normalized spacial score (nSPS) is 16.7. The highest BCUT2D eigenvalue weighted by molar-refractivity contribution is 7.15. The Morgan fingerprint density at radius 1 is 1.31 bits per heavy atom. The van der Waals surface area contributed by atoms with Gasteiger partial charge >= 0.3 is 0 Å². The zero-order valence-corrected chi connectivity index (χ0v) is 17.5. The molecule has 1 aliphatic heterocycles. The SMILES string of the molecule is Cc1nc(Nc2nc(C)c(C)s2)cc([C@H]2CCN(C(=O)/C=C/c3ccco3)C2)n1. The molecule has 29 heavy (non-hydrogen) atoms. The van der Waals surface area contributed by atoms with Crippen molar-refractivity contribution in [2.45, 2.75) is 33.1 Å². The molecule has 7 nitrogen and oxygen atoms in total. The zero-order valence-electron chi connectivity index (χ0n) is 16.7. The highest BCUT2D eigenvalue weighted by Gasteiger charge is 2.28. The molecule has 0 bridgehead atoms. The molecule has 0 saturated carbocycles. The lowest BCUT2D eigenvalue weighted by Gasteiger charge is -2.15. The Morgan fingerprint density at radius 3 is 2.90 bits per heavy atom. The van der Waals surface area contributed by atoms with Crippen molar-refractivity contribution in [1.29, 1.82) is 0 Å². The van der Waals surface area contributed by atoms with Gasteiger partial charge in [0.2, 0.25) is 5.91 Å². The van der Waals surface area contributed by atoms with E-state index < -0.39 is 0 Å². The minimum atomic E-state index is -0.0123. The number of hydrogen-bond donors (Lipinski definition) is 1. The van der Waals surface area contributed by atoms with Gasteiger partial charge in [0.15, 0.2) is 5.13 Å². The summed E-state index contributed by atoms with van der Waals surface area (Å²) >= 11 is 1.61. The van der Waals surface area contributed by atoms with E-state index in [0.717, 1.165) is 28.8 Å². The molecule has 3 aromatic heterocycles. The number of nitrogens with zero attached hydrogens (tertiary/aromatic N) is 4. The van der Waals surface area contributed by atoms with E-state index in [1.807, 2.05) is 30.9 Å². The fourth-order valence-electron chi connectivity index (χ4n) is 3.35. The molecule has 0 unspecified atom stereocenters. The van der Waals surface area contributed by atoms with E-state index in [0.29, 0.717) is 24.7 Å². The number of aromatic nitrogens is 3. The number of amides is 1. The lowest BCUT2D eigenvalue weighted by Crippen LogP contribution is -2.26. The highest BCUT2D eigenvalue weighted by atomic mass is 32.1. The molecule has 3 aromatic rings. The van der Waals surface area contributed by atoms with Gasteiger partial charge in [-0.1, -0.05) is 0 Å². The Hall–Kier alpha value is -3.00. The molecule has 0 aliphatic carbocycles. The van der Waals surface area contributed by atoms with Crippen LogP contribution in [0.4, 0.5) is 10.9 Å². The molecule has 1 fully saturated rings. The van der Waals surface area contributed by atoms with E-state index in [9.17, 15) is 4.79 Å². The molecular weight excluding hydrogens is 386 g/mol. The van der Waals surface area contributed by atoms with Crippen molar-refractivity contribution in [1.82, 2.24) is 19.9 Å². The van der Waals surface area contributed by atoms with Crippen molar-refractivity contribution in [3.8, 4) is 0 Å². The van der Waals surface area contributed by atoms with Gasteiger partial charge < -0.3 is 14.6 Å². The molecule has 0 aromatic carbocycles. The van der Waals surface area contributed by atoms with Crippen LogP contribution < -0.4 is 5.32 Å². The monoisotopic (exact) mass is 409 g/mol. The van der Waals surface area contributed by atoms with E-state index in [-0.39, 0.29) is 11.8 Å². The maximum atomic E-state index is 12.5. The molecule has 0 radical (unpaired) electrons. The van der Waals surface area contributed by atoms with Crippen molar-refractivity contribution in [2.24, 2.45) is 0 Å². The van der Waals surface area contributed by atoms with Crippen molar-refractivity contribution in [2.75, 3.05) is 18.4 Å². The number of hydrogen-bond acceptors (Lipinski definition) is 7. The van der Waals surface area contributed by atoms with Crippen molar-refractivity contribution >= 4 is 34.3 Å². The molecule has 8 heteroatoms. The Morgan fingerprint density at radius 2 is 2.17 bits per heavy atom. The van der Waals surface area contributed by atoms with Crippen LogP contribution in [0.25, 0.3) is 6.08 Å². The summed E-state index contributed by atoms with van der Waals surface area (Å²) in [6.07, 6.45) is 5.73. The second kappa shape index (κ2) is 8.16. The summed E-state index contributed by atoms with van der Waals surface area (Å²) in [5.74, 6) is 2.30. The molecule has 4 heterocycles. The summed E-state index contributed by atoms with van der Waals surface area (Å²) in [4.78, 5) is 29.1. The van der Waals surface area contributed by atoms with Crippen molar-refractivity contribution in [3.63, 3.8) is 0 Å². The standard InChI is InChI=1S/C21H23N5O2S/c1-13-14(2)29-21(22-13)25-19-11-18(23-15(3)24-19)16-8-9-26(12-16)20(27)7-6-17-5-4-10-28-17/h4-7,10-11,16H,8-9,12H2,1-3H3,(H,22,23,24,25)/b7-6+/t16-/m0/s1. The first-order chi connectivity index (χ1) is 14.0. The van der Waals surface area contributed by atoms with Gasteiger partial charge in [0.25, 0.3) is 0 Å². The number of furan rings is 1. The number of likely N-dealkylation sites (tertiary alicyclic amines) is 1. The second-order valence-electron chi connectivity index (χ2n) is 7.13. The van der Waals surface area contributed by atoms with Crippen LogP contribution in [0.2, 0.25) is 0 Å². The number of thiazole rings is 1. The highest BCUT2D eigenvalue weighted by Crippen LogP contribution is 2.29. The summed E-state index contributed by atoms with van der Waals surface area (Å²) in [6, 6.07) is 5.59. The first kappa shape index (κ1) is 19.3. The average molecular weight is 410 g/mol. The molecule has 1 amide bonds.